The van der Waals surface area contributed by atoms with Gasteiger partial charge in [0.25, 0.3) is 0 Å². The molecule has 0 saturated carbocycles. The van der Waals surface area contributed by atoms with E-state index in [1.807, 2.05) is 23.5 Å². The number of thioether (sulfide) groups is 2. The molecule has 2 unspecified atom stereocenters. The summed E-state index contributed by atoms with van der Waals surface area (Å²) in [5.74, 6) is 3.89. The largest absolute Gasteiger partial charge is 0.466 e. The first-order chi connectivity index (χ1) is 10.2. The molecule has 2 rings (SSSR count). The fourth-order valence-electron chi connectivity index (χ4n) is 2.54. The third-order valence-electron chi connectivity index (χ3n) is 3.80. The van der Waals surface area contributed by atoms with E-state index in [0.29, 0.717) is 37.2 Å². The second-order valence-corrected chi connectivity index (χ2v) is 8.17. The summed E-state index contributed by atoms with van der Waals surface area (Å²) in [5, 5.41) is 0.463. The maximum absolute atomic E-state index is 11.2. The summed E-state index contributed by atoms with van der Waals surface area (Å²) in [4.78, 5) is 22.3. The summed E-state index contributed by atoms with van der Waals surface area (Å²) >= 11 is 3.89. The molecule has 2 aliphatic rings. The highest BCUT2D eigenvalue weighted by Crippen LogP contribution is 2.25. The predicted molar refractivity (Wildman–Crippen MR) is 86.7 cm³/mol. The van der Waals surface area contributed by atoms with Gasteiger partial charge in [0.1, 0.15) is 0 Å². The van der Waals surface area contributed by atoms with E-state index in [1.54, 1.807) is 0 Å². The van der Waals surface area contributed by atoms with Crippen LogP contribution in [0.1, 0.15) is 38.5 Å². The maximum Gasteiger partial charge on any atom is 0.306 e. The van der Waals surface area contributed by atoms with Crippen LogP contribution in [-0.2, 0) is 19.1 Å². The van der Waals surface area contributed by atoms with Crippen molar-refractivity contribution in [3.63, 3.8) is 0 Å². The van der Waals surface area contributed by atoms with Crippen LogP contribution in [0.4, 0.5) is 0 Å². The van der Waals surface area contributed by atoms with Crippen molar-refractivity contribution in [2.45, 2.75) is 43.8 Å². The lowest BCUT2D eigenvalue weighted by Crippen LogP contribution is -2.22. The summed E-state index contributed by atoms with van der Waals surface area (Å²) < 4.78 is 9.89. The number of esters is 2. The van der Waals surface area contributed by atoms with Crippen molar-refractivity contribution < 1.29 is 19.1 Å². The Morgan fingerprint density at radius 2 is 1.71 bits per heavy atom. The summed E-state index contributed by atoms with van der Waals surface area (Å²) in [7, 11) is 0. The minimum absolute atomic E-state index is 0.0290. The van der Waals surface area contributed by atoms with Crippen molar-refractivity contribution >= 4 is 35.5 Å². The van der Waals surface area contributed by atoms with Gasteiger partial charge in [-0.2, -0.15) is 23.5 Å². The Morgan fingerprint density at radius 1 is 0.952 bits per heavy atom. The lowest BCUT2D eigenvalue weighted by molar-refractivity contribution is -0.149. The number of ether oxygens (including phenoxy) is 2. The average Bonchev–Trinajstić information content (AvgIpc) is 2.46. The van der Waals surface area contributed by atoms with E-state index in [1.165, 1.54) is 12.2 Å². The van der Waals surface area contributed by atoms with Crippen LogP contribution in [0.5, 0.6) is 0 Å². The Hall–Kier alpha value is -0.360. The Bertz CT molecular complexity index is 317. The molecule has 0 bridgehead atoms. The van der Waals surface area contributed by atoms with Crippen molar-refractivity contribution in [1.29, 1.82) is 0 Å². The first-order valence-corrected chi connectivity index (χ1v) is 9.95. The molecule has 21 heavy (non-hydrogen) atoms. The lowest BCUT2D eigenvalue weighted by Gasteiger charge is -2.21. The van der Waals surface area contributed by atoms with Crippen LogP contribution in [0.15, 0.2) is 0 Å². The second kappa shape index (κ2) is 9.62. The smallest absolute Gasteiger partial charge is 0.306 e. The maximum atomic E-state index is 11.2. The number of carbonyl (C=O) groups is 2. The molecule has 0 aromatic rings. The molecule has 0 spiro atoms. The van der Waals surface area contributed by atoms with Gasteiger partial charge in [0.2, 0.25) is 0 Å². The van der Waals surface area contributed by atoms with Gasteiger partial charge < -0.3 is 9.47 Å². The molecular weight excluding hydrogens is 308 g/mol. The zero-order chi connectivity index (χ0) is 14.9. The molecule has 120 valence electrons. The zero-order valence-corrected chi connectivity index (χ0v) is 14.0. The highest BCUT2D eigenvalue weighted by Gasteiger charge is 2.21. The van der Waals surface area contributed by atoms with E-state index in [2.05, 4.69) is 0 Å². The van der Waals surface area contributed by atoms with E-state index in [0.717, 1.165) is 30.8 Å². The summed E-state index contributed by atoms with van der Waals surface area (Å²) in [5.41, 5.74) is 0. The van der Waals surface area contributed by atoms with Gasteiger partial charge in [0.05, 0.1) is 19.6 Å². The van der Waals surface area contributed by atoms with Crippen molar-refractivity contribution in [1.82, 2.24) is 0 Å². The first-order valence-electron chi connectivity index (χ1n) is 7.74. The van der Waals surface area contributed by atoms with Gasteiger partial charge in [0, 0.05) is 11.7 Å². The van der Waals surface area contributed by atoms with Gasteiger partial charge in [-0.25, -0.2) is 0 Å². The van der Waals surface area contributed by atoms with E-state index in [4.69, 9.17) is 9.47 Å². The van der Waals surface area contributed by atoms with Gasteiger partial charge in [0.15, 0.2) is 0 Å². The van der Waals surface area contributed by atoms with Crippen LogP contribution in [-0.4, -0.2) is 47.7 Å². The van der Waals surface area contributed by atoms with Crippen LogP contribution in [0.3, 0.4) is 0 Å². The van der Waals surface area contributed by atoms with E-state index < -0.39 is 0 Å². The molecule has 6 heteroatoms. The van der Waals surface area contributed by atoms with Crippen molar-refractivity contribution in [2.24, 2.45) is 5.92 Å². The predicted octanol–water partition coefficient (Wildman–Crippen LogP) is 2.89. The summed E-state index contributed by atoms with van der Waals surface area (Å²) in [6.45, 7) is 1.20. The molecule has 2 atom stereocenters. The first kappa shape index (κ1) is 17.0. The van der Waals surface area contributed by atoms with Crippen molar-refractivity contribution in [3.8, 4) is 0 Å². The van der Waals surface area contributed by atoms with E-state index in [-0.39, 0.29) is 11.9 Å². The van der Waals surface area contributed by atoms with Gasteiger partial charge in [-0.05, 0) is 48.9 Å². The minimum Gasteiger partial charge on any atom is -0.466 e. The van der Waals surface area contributed by atoms with Gasteiger partial charge in [-0.1, -0.05) is 0 Å². The molecule has 0 aromatic carbocycles. The normalized spacial score (nSPS) is 26.3. The Balaban J connectivity index is 1.41. The van der Waals surface area contributed by atoms with Crippen LogP contribution < -0.4 is 0 Å². The molecular formula is C15H24O4S2. The Morgan fingerprint density at radius 3 is 2.48 bits per heavy atom. The topological polar surface area (TPSA) is 52.6 Å². The number of hydrogen-bond donors (Lipinski definition) is 0. The highest BCUT2D eigenvalue weighted by molar-refractivity contribution is 8.00. The molecule has 0 aromatic heterocycles. The molecule has 2 heterocycles. The fraction of sp³-hybridized carbons (Fsp3) is 0.867. The minimum atomic E-state index is -0.0425. The molecule has 2 fully saturated rings. The molecule has 0 aliphatic carbocycles. The van der Waals surface area contributed by atoms with Crippen LogP contribution >= 0.6 is 23.5 Å². The van der Waals surface area contributed by atoms with Gasteiger partial charge in [-0.15, -0.1) is 0 Å². The molecule has 0 amide bonds. The standard InChI is InChI=1S/C15H24O4S2/c16-14-10-12(2-5-18-14)4-9-20-7-1-8-21-13-3-6-19-15(17)11-13/h12-13H,1-11H2. The molecule has 2 saturated heterocycles. The van der Waals surface area contributed by atoms with Gasteiger partial charge >= 0.3 is 11.9 Å². The molecule has 0 radical (unpaired) electrons. The average molecular weight is 332 g/mol. The second-order valence-electron chi connectivity index (χ2n) is 5.54. The Labute approximate surface area is 135 Å². The fourth-order valence-corrected chi connectivity index (χ4v) is 4.94. The molecule has 4 nitrogen and oxygen atoms in total. The Kier molecular flexibility index (Phi) is 7.78. The van der Waals surface area contributed by atoms with Crippen LogP contribution in [0.25, 0.3) is 0 Å². The zero-order valence-electron chi connectivity index (χ0n) is 12.4. The third kappa shape index (κ3) is 6.96. The van der Waals surface area contributed by atoms with Crippen molar-refractivity contribution in [2.75, 3.05) is 30.5 Å². The molecule has 0 N–H and O–H groups in total. The van der Waals surface area contributed by atoms with Crippen LogP contribution in [0.2, 0.25) is 0 Å². The SMILES string of the molecule is O=C1CC(CCSCCCSC2CCOC(=O)C2)CCO1. The molecule has 2 aliphatic heterocycles. The summed E-state index contributed by atoms with van der Waals surface area (Å²) in [6, 6.07) is 0. The monoisotopic (exact) mass is 332 g/mol. The highest BCUT2D eigenvalue weighted by atomic mass is 32.2. The van der Waals surface area contributed by atoms with Crippen molar-refractivity contribution in [3.05, 3.63) is 0 Å². The third-order valence-corrected chi connectivity index (χ3v) is 6.30. The van der Waals surface area contributed by atoms with Crippen LogP contribution in [0, 0.1) is 5.92 Å². The lowest BCUT2D eigenvalue weighted by atomic mass is 9.97. The van der Waals surface area contributed by atoms with E-state index >= 15 is 0 Å². The van der Waals surface area contributed by atoms with E-state index in [9.17, 15) is 9.59 Å². The van der Waals surface area contributed by atoms with Gasteiger partial charge in [-0.3, -0.25) is 9.59 Å². The quantitative estimate of drug-likeness (QED) is 0.503. The summed E-state index contributed by atoms with van der Waals surface area (Å²) in [6.07, 6.45) is 5.53. The number of rotatable bonds is 8. The number of hydrogen-bond acceptors (Lipinski definition) is 6. The number of cyclic esters (lactones) is 2. The number of carbonyl (C=O) groups excluding carboxylic acids is 2.